The molecule has 0 aliphatic heterocycles. The van der Waals surface area contributed by atoms with Crippen molar-refractivity contribution < 1.29 is 4.79 Å². The molecule has 0 aromatic carbocycles. The van der Waals surface area contributed by atoms with Crippen molar-refractivity contribution in [2.45, 2.75) is 51.6 Å². The minimum Gasteiger partial charge on any atom is -0.347 e. The lowest BCUT2D eigenvalue weighted by Gasteiger charge is -2.29. The number of hydrogen-bond donors (Lipinski definition) is 2. The Balaban J connectivity index is 2.00. The van der Waals surface area contributed by atoms with Gasteiger partial charge in [-0.15, -0.1) is 0 Å². The van der Waals surface area contributed by atoms with Gasteiger partial charge < -0.3 is 15.6 Å². The standard InChI is InChI=1S/C15H25N3O/c1-11(2)9-12(10-16)17-15(19)14-7-4-8-18(14)13-5-3-6-13/h4,7-8,11-13H,3,5-6,9-10,16H2,1-2H3,(H,17,19). The number of amides is 1. The summed E-state index contributed by atoms with van der Waals surface area (Å²) in [6.45, 7) is 4.78. The van der Waals surface area contributed by atoms with Crippen molar-refractivity contribution in [2.24, 2.45) is 11.7 Å². The second kappa shape index (κ2) is 6.24. The lowest BCUT2D eigenvalue weighted by atomic mass is 9.93. The molecule has 1 saturated carbocycles. The Morgan fingerprint density at radius 2 is 2.26 bits per heavy atom. The first kappa shape index (κ1) is 14.1. The summed E-state index contributed by atoms with van der Waals surface area (Å²) in [4.78, 5) is 12.3. The third kappa shape index (κ3) is 3.38. The Kier molecular flexibility index (Phi) is 4.64. The number of nitrogens with one attached hydrogen (secondary N) is 1. The molecule has 0 spiro atoms. The number of nitrogens with zero attached hydrogens (tertiary/aromatic N) is 1. The molecule has 3 N–H and O–H groups in total. The average molecular weight is 263 g/mol. The summed E-state index contributed by atoms with van der Waals surface area (Å²) >= 11 is 0. The minimum atomic E-state index is 0.00741. The van der Waals surface area contributed by atoms with Crippen molar-refractivity contribution in [3.8, 4) is 0 Å². The molecule has 0 saturated heterocycles. The summed E-state index contributed by atoms with van der Waals surface area (Å²) < 4.78 is 2.11. The van der Waals surface area contributed by atoms with Crippen LogP contribution in [0.1, 0.15) is 56.1 Å². The molecule has 1 heterocycles. The molecule has 0 bridgehead atoms. The normalized spacial score (nSPS) is 17.3. The molecule has 2 rings (SSSR count). The van der Waals surface area contributed by atoms with Gasteiger partial charge in [0.2, 0.25) is 0 Å². The Morgan fingerprint density at radius 1 is 1.53 bits per heavy atom. The molecule has 1 aliphatic carbocycles. The Labute approximate surface area is 115 Å². The number of nitrogens with two attached hydrogens (primary N) is 1. The van der Waals surface area contributed by atoms with Crippen LogP contribution in [0.3, 0.4) is 0 Å². The molecule has 0 radical (unpaired) electrons. The minimum absolute atomic E-state index is 0.00741. The van der Waals surface area contributed by atoms with E-state index in [2.05, 4.69) is 23.7 Å². The summed E-state index contributed by atoms with van der Waals surface area (Å²) in [6.07, 6.45) is 6.57. The number of hydrogen-bond acceptors (Lipinski definition) is 2. The molecule has 19 heavy (non-hydrogen) atoms. The van der Waals surface area contributed by atoms with Crippen LogP contribution in [0, 0.1) is 5.92 Å². The molecule has 1 aromatic heterocycles. The molecule has 1 aliphatic rings. The van der Waals surface area contributed by atoms with Crippen molar-refractivity contribution in [3.05, 3.63) is 24.0 Å². The number of carbonyl (C=O) groups excluding carboxylic acids is 1. The Bertz CT molecular complexity index is 421. The highest BCUT2D eigenvalue weighted by Gasteiger charge is 2.24. The predicted molar refractivity (Wildman–Crippen MR) is 77.1 cm³/mol. The molecule has 106 valence electrons. The highest BCUT2D eigenvalue weighted by Crippen LogP contribution is 2.32. The van der Waals surface area contributed by atoms with Gasteiger partial charge in [-0.3, -0.25) is 4.79 Å². The Hall–Kier alpha value is -1.29. The third-order valence-electron chi connectivity index (χ3n) is 3.86. The fourth-order valence-electron chi connectivity index (χ4n) is 2.61. The molecule has 1 aromatic rings. The van der Waals surface area contributed by atoms with E-state index in [0.717, 1.165) is 12.1 Å². The van der Waals surface area contributed by atoms with E-state index in [4.69, 9.17) is 5.73 Å². The second-order valence-corrected chi connectivity index (χ2v) is 5.92. The van der Waals surface area contributed by atoms with E-state index < -0.39 is 0 Å². The number of carbonyl (C=O) groups is 1. The first-order chi connectivity index (χ1) is 9.11. The monoisotopic (exact) mass is 263 g/mol. The van der Waals surface area contributed by atoms with E-state index in [-0.39, 0.29) is 11.9 Å². The van der Waals surface area contributed by atoms with E-state index in [1.54, 1.807) is 0 Å². The van der Waals surface area contributed by atoms with Gasteiger partial charge in [-0.1, -0.05) is 13.8 Å². The van der Waals surface area contributed by atoms with Gasteiger partial charge in [0.05, 0.1) is 0 Å². The van der Waals surface area contributed by atoms with Crippen LogP contribution < -0.4 is 11.1 Å². The van der Waals surface area contributed by atoms with E-state index in [0.29, 0.717) is 18.5 Å². The zero-order valence-corrected chi connectivity index (χ0v) is 11.9. The van der Waals surface area contributed by atoms with E-state index >= 15 is 0 Å². The highest BCUT2D eigenvalue weighted by molar-refractivity contribution is 5.93. The molecule has 1 amide bonds. The third-order valence-corrected chi connectivity index (χ3v) is 3.86. The maximum absolute atomic E-state index is 12.3. The fraction of sp³-hybridized carbons (Fsp3) is 0.667. The van der Waals surface area contributed by atoms with Gasteiger partial charge in [0.25, 0.3) is 5.91 Å². The zero-order valence-electron chi connectivity index (χ0n) is 11.9. The number of rotatable bonds is 6. The van der Waals surface area contributed by atoms with Gasteiger partial charge in [0.1, 0.15) is 5.69 Å². The SMILES string of the molecule is CC(C)CC(CN)NC(=O)c1cccn1C1CCC1. The van der Waals surface area contributed by atoms with Crippen LogP contribution in [0.4, 0.5) is 0 Å². The highest BCUT2D eigenvalue weighted by atomic mass is 16.2. The van der Waals surface area contributed by atoms with Gasteiger partial charge in [-0.05, 0) is 43.7 Å². The summed E-state index contributed by atoms with van der Waals surface area (Å²) in [5, 5.41) is 3.06. The van der Waals surface area contributed by atoms with Crippen LogP contribution in [0.25, 0.3) is 0 Å². The molecule has 4 heteroatoms. The topological polar surface area (TPSA) is 60.0 Å². The molecule has 1 atom stereocenters. The van der Waals surface area contributed by atoms with Crippen LogP contribution >= 0.6 is 0 Å². The van der Waals surface area contributed by atoms with E-state index in [1.807, 2.05) is 18.3 Å². The molecule has 1 fully saturated rings. The fourth-order valence-corrected chi connectivity index (χ4v) is 2.61. The first-order valence-corrected chi connectivity index (χ1v) is 7.29. The second-order valence-electron chi connectivity index (χ2n) is 5.92. The van der Waals surface area contributed by atoms with Gasteiger partial charge in [0.15, 0.2) is 0 Å². The molecular formula is C15H25N3O. The lowest BCUT2D eigenvalue weighted by Crippen LogP contribution is -2.42. The van der Waals surface area contributed by atoms with Crippen molar-refractivity contribution in [2.75, 3.05) is 6.54 Å². The summed E-state index contributed by atoms with van der Waals surface area (Å²) in [5.74, 6) is 0.542. The average Bonchev–Trinajstić information content (AvgIpc) is 2.74. The summed E-state index contributed by atoms with van der Waals surface area (Å²) in [5.41, 5.74) is 6.51. The van der Waals surface area contributed by atoms with Gasteiger partial charge in [-0.2, -0.15) is 0 Å². The van der Waals surface area contributed by atoms with E-state index in [9.17, 15) is 4.79 Å². The zero-order chi connectivity index (χ0) is 13.8. The van der Waals surface area contributed by atoms with Crippen molar-refractivity contribution in [1.82, 2.24) is 9.88 Å². The van der Waals surface area contributed by atoms with Crippen molar-refractivity contribution in [3.63, 3.8) is 0 Å². The van der Waals surface area contributed by atoms with Crippen LogP contribution in [-0.2, 0) is 0 Å². The van der Waals surface area contributed by atoms with Crippen LogP contribution in [-0.4, -0.2) is 23.1 Å². The van der Waals surface area contributed by atoms with Crippen molar-refractivity contribution >= 4 is 5.91 Å². The summed E-state index contributed by atoms with van der Waals surface area (Å²) in [6, 6.07) is 4.43. The first-order valence-electron chi connectivity index (χ1n) is 7.29. The van der Waals surface area contributed by atoms with Crippen molar-refractivity contribution in [1.29, 1.82) is 0 Å². The maximum atomic E-state index is 12.3. The largest absolute Gasteiger partial charge is 0.347 e. The van der Waals surface area contributed by atoms with Crippen LogP contribution in [0.5, 0.6) is 0 Å². The van der Waals surface area contributed by atoms with Crippen LogP contribution in [0.2, 0.25) is 0 Å². The van der Waals surface area contributed by atoms with Crippen LogP contribution in [0.15, 0.2) is 18.3 Å². The molecule has 1 unspecified atom stereocenters. The Morgan fingerprint density at radius 3 is 2.79 bits per heavy atom. The number of aromatic nitrogens is 1. The smallest absolute Gasteiger partial charge is 0.268 e. The molecular weight excluding hydrogens is 238 g/mol. The maximum Gasteiger partial charge on any atom is 0.268 e. The predicted octanol–water partition coefficient (Wildman–Crippen LogP) is 2.32. The van der Waals surface area contributed by atoms with Gasteiger partial charge >= 0.3 is 0 Å². The summed E-state index contributed by atoms with van der Waals surface area (Å²) in [7, 11) is 0. The van der Waals surface area contributed by atoms with E-state index in [1.165, 1.54) is 19.3 Å². The van der Waals surface area contributed by atoms with Gasteiger partial charge in [-0.25, -0.2) is 0 Å². The molecule has 4 nitrogen and oxygen atoms in total. The lowest BCUT2D eigenvalue weighted by molar-refractivity contribution is 0.0918. The quantitative estimate of drug-likeness (QED) is 0.827. The van der Waals surface area contributed by atoms with Gasteiger partial charge in [0, 0.05) is 24.8 Å².